The fourth-order valence-electron chi connectivity index (χ4n) is 1.70. The van der Waals surface area contributed by atoms with Gasteiger partial charge in [0.15, 0.2) is 5.54 Å². The molecular formula is C10H16N2O4. The van der Waals surface area contributed by atoms with Crippen LogP contribution in [-0.4, -0.2) is 54.4 Å². The lowest BCUT2D eigenvalue weighted by molar-refractivity contribution is -0.144. The number of alkyl carbamates (subject to hydrolysis) is 1. The van der Waals surface area contributed by atoms with E-state index in [1.165, 1.54) is 6.08 Å². The summed E-state index contributed by atoms with van der Waals surface area (Å²) >= 11 is 0. The number of hydrogen-bond donors (Lipinski definition) is 2. The van der Waals surface area contributed by atoms with Crippen LogP contribution in [0, 0.1) is 0 Å². The Bertz CT molecular complexity index is 305. The van der Waals surface area contributed by atoms with E-state index in [1.54, 1.807) is 7.05 Å². The first-order valence-electron chi connectivity index (χ1n) is 4.98. The van der Waals surface area contributed by atoms with Crippen LogP contribution in [0.15, 0.2) is 12.7 Å². The van der Waals surface area contributed by atoms with E-state index in [2.05, 4.69) is 11.9 Å². The molecule has 2 N–H and O–H groups in total. The lowest BCUT2D eigenvalue weighted by Gasteiger charge is -2.24. The van der Waals surface area contributed by atoms with Crippen LogP contribution in [0.5, 0.6) is 0 Å². The minimum Gasteiger partial charge on any atom is -0.479 e. The predicted octanol–water partition coefficient (Wildman–Crippen LogP) is 0.0575. The zero-order valence-corrected chi connectivity index (χ0v) is 9.23. The van der Waals surface area contributed by atoms with E-state index < -0.39 is 17.6 Å². The molecule has 0 saturated carbocycles. The van der Waals surface area contributed by atoms with Crippen molar-refractivity contribution in [1.82, 2.24) is 10.2 Å². The Morgan fingerprint density at radius 2 is 2.38 bits per heavy atom. The minimum absolute atomic E-state index is 0.0668. The molecule has 1 fully saturated rings. The number of nitrogens with one attached hydrogen (secondary N) is 1. The molecule has 0 bridgehead atoms. The maximum absolute atomic E-state index is 11.3. The molecule has 90 valence electrons. The molecule has 1 amide bonds. The fourth-order valence-corrected chi connectivity index (χ4v) is 1.70. The first kappa shape index (κ1) is 12.5. The highest BCUT2D eigenvalue weighted by molar-refractivity contribution is 5.85. The number of carbonyl (C=O) groups is 2. The molecule has 6 heteroatoms. The Morgan fingerprint density at radius 3 is 2.81 bits per heavy atom. The third-order valence-corrected chi connectivity index (χ3v) is 2.54. The summed E-state index contributed by atoms with van der Waals surface area (Å²) in [4.78, 5) is 24.3. The molecule has 1 rings (SSSR count). The number of likely N-dealkylation sites (tertiary alicyclic amines) is 1. The molecule has 16 heavy (non-hydrogen) atoms. The van der Waals surface area contributed by atoms with Gasteiger partial charge in [0.1, 0.15) is 6.61 Å². The molecule has 1 aliphatic heterocycles. The van der Waals surface area contributed by atoms with Crippen molar-refractivity contribution < 1.29 is 19.4 Å². The number of amides is 1. The van der Waals surface area contributed by atoms with Crippen molar-refractivity contribution >= 4 is 12.1 Å². The van der Waals surface area contributed by atoms with E-state index >= 15 is 0 Å². The lowest BCUT2D eigenvalue weighted by Crippen LogP contribution is -2.56. The van der Waals surface area contributed by atoms with Gasteiger partial charge in [0.2, 0.25) is 0 Å². The monoisotopic (exact) mass is 228 g/mol. The summed E-state index contributed by atoms with van der Waals surface area (Å²) in [5, 5.41) is 11.5. The van der Waals surface area contributed by atoms with Crippen molar-refractivity contribution in [3.63, 3.8) is 0 Å². The quantitative estimate of drug-likeness (QED) is 0.665. The van der Waals surface area contributed by atoms with Crippen LogP contribution < -0.4 is 5.32 Å². The smallest absolute Gasteiger partial charge is 0.408 e. The summed E-state index contributed by atoms with van der Waals surface area (Å²) < 4.78 is 4.71. The van der Waals surface area contributed by atoms with Crippen molar-refractivity contribution in [2.75, 3.05) is 26.7 Å². The van der Waals surface area contributed by atoms with Crippen LogP contribution in [0.3, 0.4) is 0 Å². The Balaban J connectivity index is 2.62. The minimum atomic E-state index is -1.23. The maximum atomic E-state index is 11.3. The highest BCUT2D eigenvalue weighted by atomic mass is 16.5. The number of carboxylic acid groups (broad SMARTS) is 1. The SMILES string of the molecule is C=CCOC(=O)NC1(C(=O)O)CCN(C)C1. The number of nitrogens with zero attached hydrogens (tertiary/aromatic N) is 1. The van der Waals surface area contributed by atoms with Crippen LogP contribution in [0.1, 0.15) is 6.42 Å². The van der Waals surface area contributed by atoms with Gasteiger partial charge >= 0.3 is 12.1 Å². The molecule has 0 aromatic rings. The zero-order valence-electron chi connectivity index (χ0n) is 9.23. The van der Waals surface area contributed by atoms with Gasteiger partial charge in [-0.05, 0) is 13.5 Å². The number of rotatable bonds is 4. The van der Waals surface area contributed by atoms with Gasteiger partial charge in [-0.15, -0.1) is 0 Å². The molecule has 0 spiro atoms. The number of hydrogen-bond acceptors (Lipinski definition) is 4. The summed E-state index contributed by atoms with van der Waals surface area (Å²) in [6.45, 7) is 4.38. The summed E-state index contributed by atoms with van der Waals surface area (Å²) in [5.41, 5.74) is -1.23. The van der Waals surface area contributed by atoms with Gasteiger partial charge < -0.3 is 20.1 Å². The average molecular weight is 228 g/mol. The molecule has 1 heterocycles. The largest absolute Gasteiger partial charge is 0.479 e. The summed E-state index contributed by atoms with van der Waals surface area (Å²) in [6, 6.07) is 0. The maximum Gasteiger partial charge on any atom is 0.408 e. The van der Waals surface area contributed by atoms with Gasteiger partial charge in [0, 0.05) is 13.1 Å². The van der Waals surface area contributed by atoms with Gasteiger partial charge in [0.25, 0.3) is 0 Å². The van der Waals surface area contributed by atoms with Crippen LogP contribution in [0.25, 0.3) is 0 Å². The Morgan fingerprint density at radius 1 is 1.69 bits per heavy atom. The molecule has 6 nitrogen and oxygen atoms in total. The number of ether oxygens (including phenoxy) is 1. The van der Waals surface area contributed by atoms with E-state index in [0.29, 0.717) is 13.0 Å². The molecule has 1 aliphatic rings. The highest BCUT2D eigenvalue weighted by Gasteiger charge is 2.45. The standard InChI is InChI=1S/C10H16N2O4/c1-3-6-16-9(15)11-10(8(13)14)4-5-12(2)7-10/h3H,1,4-7H2,2H3,(H,11,15)(H,13,14). The van der Waals surface area contributed by atoms with E-state index in [0.717, 1.165) is 0 Å². The second-order valence-corrected chi connectivity index (χ2v) is 3.89. The van der Waals surface area contributed by atoms with Gasteiger partial charge in [-0.1, -0.05) is 12.7 Å². The van der Waals surface area contributed by atoms with E-state index in [-0.39, 0.29) is 13.2 Å². The molecule has 1 atom stereocenters. The first-order valence-corrected chi connectivity index (χ1v) is 4.98. The fraction of sp³-hybridized carbons (Fsp3) is 0.600. The van der Waals surface area contributed by atoms with Crippen LogP contribution in [-0.2, 0) is 9.53 Å². The number of carbonyl (C=O) groups excluding carboxylic acids is 1. The number of carboxylic acids is 1. The number of likely N-dealkylation sites (N-methyl/N-ethyl adjacent to an activating group) is 1. The third kappa shape index (κ3) is 2.73. The van der Waals surface area contributed by atoms with E-state index in [4.69, 9.17) is 9.84 Å². The van der Waals surface area contributed by atoms with Crippen molar-refractivity contribution in [2.24, 2.45) is 0 Å². The summed E-state index contributed by atoms with van der Waals surface area (Å²) in [7, 11) is 1.81. The predicted molar refractivity (Wildman–Crippen MR) is 57.2 cm³/mol. The van der Waals surface area contributed by atoms with Gasteiger partial charge in [-0.3, -0.25) is 0 Å². The Labute approximate surface area is 93.9 Å². The summed E-state index contributed by atoms with van der Waals surface area (Å²) in [6.07, 6.45) is 1.08. The second-order valence-electron chi connectivity index (χ2n) is 3.89. The normalized spacial score (nSPS) is 25.1. The Kier molecular flexibility index (Phi) is 3.89. The van der Waals surface area contributed by atoms with Crippen molar-refractivity contribution in [2.45, 2.75) is 12.0 Å². The summed E-state index contributed by atoms with van der Waals surface area (Å²) in [5.74, 6) is -1.03. The van der Waals surface area contributed by atoms with Crippen molar-refractivity contribution in [3.05, 3.63) is 12.7 Å². The molecular weight excluding hydrogens is 212 g/mol. The van der Waals surface area contributed by atoms with Crippen molar-refractivity contribution in [3.8, 4) is 0 Å². The average Bonchev–Trinajstić information content (AvgIpc) is 2.58. The second kappa shape index (κ2) is 4.98. The Hall–Kier alpha value is -1.56. The number of aliphatic carboxylic acids is 1. The molecule has 1 unspecified atom stereocenters. The van der Waals surface area contributed by atoms with Crippen LogP contribution in [0.2, 0.25) is 0 Å². The third-order valence-electron chi connectivity index (χ3n) is 2.54. The van der Waals surface area contributed by atoms with Gasteiger partial charge in [-0.2, -0.15) is 0 Å². The van der Waals surface area contributed by atoms with E-state index in [1.807, 2.05) is 4.90 Å². The topological polar surface area (TPSA) is 78.9 Å². The van der Waals surface area contributed by atoms with E-state index in [9.17, 15) is 9.59 Å². The molecule has 0 aromatic heterocycles. The van der Waals surface area contributed by atoms with Gasteiger partial charge in [0.05, 0.1) is 0 Å². The van der Waals surface area contributed by atoms with Crippen LogP contribution >= 0.6 is 0 Å². The lowest BCUT2D eigenvalue weighted by atomic mass is 9.99. The molecule has 0 aromatic carbocycles. The first-order chi connectivity index (χ1) is 7.50. The molecule has 0 aliphatic carbocycles. The molecule has 0 radical (unpaired) electrons. The highest BCUT2D eigenvalue weighted by Crippen LogP contribution is 2.20. The zero-order chi connectivity index (χ0) is 12.2. The van der Waals surface area contributed by atoms with Crippen LogP contribution in [0.4, 0.5) is 4.79 Å². The van der Waals surface area contributed by atoms with Gasteiger partial charge in [-0.25, -0.2) is 9.59 Å². The van der Waals surface area contributed by atoms with Crippen molar-refractivity contribution in [1.29, 1.82) is 0 Å². The molecule has 1 saturated heterocycles.